The number of rotatable bonds is 8. The summed E-state index contributed by atoms with van der Waals surface area (Å²) < 4.78 is 6.04. The van der Waals surface area contributed by atoms with Crippen molar-refractivity contribution in [3.8, 4) is 5.75 Å². The molecule has 4 nitrogen and oxygen atoms in total. The molecule has 156 valence electrons. The van der Waals surface area contributed by atoms with Crippen LogP contribution < -0.4 is 4.74 Å². The van der Waals surface area contributed by atoms with Crippen LogP contribution in [0.3, 0.4) is 0 Å². The van der Waals surface area contributed by atoms with Crippen LogP contribution in [0.25, 0.3) is 6.08 Å². The average molecular weight is 440 g/mol. The highest BCUT2D eigenvalue weighted by Crippen LogP contribution is 2.33. The van der Waals surface area contributed by atoms with E-state index in [0.717, 1.165) is 30.4 Å². The van der Waals surface area contributed by atoms with E-state index in [0.29, 0.717) is 27.1 Å². The zero-order valence-corrected chi connectivity index (χ0v) is 18.9. The fourth-order valence-electron chi connectivity index (χ4n) is 3.03. The van der Waals surface area contributed by atoms with Crippen LogP contribution in [0.15, 0.2) is 53.4 Å². The first-order valence-corrected chi connectivity index (χ1v) is 11.3. The second kappa shape index (κ2) is 10.5. The number of carbonyl (C=O) groups is 2. The topological polar surface area (TPSA) is 46.6 Å². The first kappa shape index (κ1) is 22.2. The number of hydrogen-bond donors (Lipinski definition) is 0. The Morgan fingerprint density at radius 1 is 1.07 bits per heavy atom. The van der Waals surface area contributed by atoms with Crippen molar-refractivity contribution >= 4 is 46.3 Å². The summed E-state index contributed by atoms with van der Waals surface area (Å²) in [6, 6.07) is 14.3. The van der Waals surface area contributed by atoms with Gasteiger partial charge in [0.2, 0.25) is 0 Å². The SMILES string of the molecule is CCCCCCN1C(=O)C(=Cc2ccc(OC(=O)c3ccc(C)cc3)cc2)SC1=S. The van der Waals surface area contributed by atoms with Gasteiger partial charge in [-0.2, -0.15) is 0 Å². The van der Waals surface area contributed by atoms with Crippen LogP contribution >= 0.6 is 24.0 Å². The molecule has 30 heavy (non-hydrogen) atoms. The minimum Gasteiger partial charge on any atom is -0.423 e. The fraction of sp³-hybridized carbons (Fsp3) is 0.292. The van der Waals surface area contributed by atoms with Gasteiger partial charge in [-0.1, -0.05) is 80.0 Å². The van der Waals surface area contributed by atoms with E-state index in [1.165, 1.54) is 18.2 Å². The highest BCUT2D eigenvalue weighted by atomic mass is 32.2. The zero-order valence-electron chi connectivity index (χ0n) is 17.2. The van der Waals surface area contributed by atoms with Crippen molar-refractivity contribution in [2.45, 2.75) is 39.5 Å². The number of aryl methyl sites for hydroxylation is 1. The number of amides is 1. The number of nitrogens with zero attached hydrogens (tertiary/aromatic N) is 1. The van der Waals surface area contributed by atoms with E-state index < -0.39 is 5.97 Å². The number of thioether (sulfide) groups is 1. The Balaban J connectivity index is 1.61. The molecule has 3 rings (SSSR count). The van der Waals surface area contributed by atoms with Gasteiger partial charge in [0.1, 0.15) is 10.1 Å². The van der Waals surface area contributed by atoms with E-state index in [2.05, 4.69) is 6.92 Å². The lowest BCUT2D eigenvalue weighted by atomic mass is 10.1. The fourth-order valence-corrected chi connectivity index (χ4v) is 4.34. The molecule has 0 N–H and O–H groups in total. The van der Waals surface area contributed by atoms with Gasteiger partial charge in [-0.25, -0.2) is 4.79 Å². The number of thiocarbonyl (C=S) groups is 1. The second-order valence-electron chi connectivity index (χ2n) is 7.22. The Labute approximate surface area is 187 Å². The molecule has 1 fully saturated rings. The molecule has 2 aromatic carbocycles. The number of carbonyl (C=O) groups excluding carboxylic acids is 2. The molecular weight excluding hydrogens is 414 g/mol. The maximum absolute atomic E-state index is 12.7. The van der Waals surface area contributed by atoms with Crippen LogP contribution in [0.4, 0.5) is 0 Å². The molecule has 0 saturated carbocycles. The zero-order chi connectivity index (χ0) is 21.5. The third-order valence-electron chi connectivity index (χ3n) is 4.78. The van der Waals surface area contributed by atoms with Crippen molar-refractivity contribution in [2.24, 2.45) is 0 Å². The van der Waals surface area contributed by atoms with Crippen LogP contribution in [-0.4, -0.2) is 27.6 Å². The van der Waals surface area contributed by atoms with Crippen molar-refractivity contribution in [2.75, 3.05) is 6.54 Å². The summed E-state index contributed by atoms with van der Waals surface area (Å²) in [4.78, 5) is 27.2. The molecule has 1 amide bonds. The van der Waals surface area contributed by atoms with Crippen molar-refractivity contribution in [3.05, 3.63) is 70.1 Å². The van der Waals surface area contributed by atoms with Gasteiger partial charge in [0.05, 0.1) is 10.5 Å². The van der Waals surface area contributed by atoms with Crippen LogP contribution in [0, 0.1) is 6.92 Å². The van der Waals surface area contributed by atoms with E-state index in [1.807, 2.05) is 37.3 Å². The number of benzene rings is 2. The predicted octanol–water partition coefficient (Wildman–Crippen LogP) is 6.00. The van der Waals surface area contributed by atoms with Gasteiger partial charge in [0, 0.05) is 6.54 Å². The van der Waals surface area contributed by atoms with Gasteiger partial charge in [-0.15, -0.1) is 0 Å². The highest BCUT2D eigenvalue weighted by Gasteiger charge is 2.31. The predicted molar refractivity (Wildman–Crippen MR) is 127 cm³/mol. The first-order chi connectivity index (χ1) is 14.5. The van der Waals surface area contributed by atoms with Gasteiger partial charge >= 0.3 is 5.97 Å². The molecule has 0 spiro atoms. The lowest BCUT2D eigenvalue weighted by Crippen LogP contribution is -2.28. The molecule has 0 atom stereocenters. The molecule has 1 aliphatic rings. The Morgan fingerprint density at radius 3 is 2.43 bits per heavy atom. The third kappa shape index (κ3) is 5.80. The monoisotopic (exact) mass is 439 g/mol. The summed E-state index contributed by atoms with van der Waals surface area (Å²) in [5.41, 5.74) is 2.45. The second-order valence-corrected chi connectivity index (χ2v) is 8.89. The molecule has 2 aromatic rings. The summed E-state index contributed by atoms with van der Waals surface area (Å²) >= 11 is 6.72. The number of unbranched alkanes of at least 4 members (excludes halogenated alkanes) is 3. The Kier molecular flexibility index (Phi) is 7.82. The van der Waals surface area contributed by atoms with E-state index in [9.17, 15) is 9.59 Å². The maximum atomic E-state index is 12.7. The van der Waals surface area contributed by atoms with Crippen LogP contribution in [0.5, 0.6) is 5.75 Å². The number of hydrogen-bond acceptors (Lipinski definition) is 5. The lowest BCUT2D eigenvalue weighted by molar-refractivity contribution is -0.122. The highest BCUT2D eigenvalue weighted by molar-refractivity contribution is 8.26. The Bertz CT molecular complexity index is 949. The Hall–Kier alpha value is -2.44. The molecule has 0 unspecified atom stereocenters. The molecule has 6 heteroatoms. The molecule has 1 saturated heterocycles. The summed E-state index contributed by atoms with van der Waals surface area (Å²) in [6.07, 6.45) is 6.24. The minimum atomic E-state index is -0.397. The standard InChI is InChI=1S/C24H25NO3S2/c1-3-4-5-6-15-25-22(26)21(30-24(25)29)16-18-9-13-20(14-10-18)28-23(27)19-11-7-17(2)8-12-19/h7-14,16H,3-6,15H2,1-2H3. The molecule has 0 bridgehead atoms. The minimum absolute atomic E-state index is 0.0311. The third-order valence-corrected chi connectivity index (χ3v) is 6.16. The summed E-state index contributed by atoms with van der Waals surface area (Å²) in [6.45, 7) is 4.81. The van der Waals surface area contributed by atoms with Crippen LogP contribution in [0.1, 0.15) is 54.1 Å². The van der Waals surface area contributed by atoms with Gasteiger partial charge in [-0.05, 0) is 49.2 Å². The lowest BCUT2D eigenvalue weighted by Gasteiger charge is -2.13. The van der Waals surface area contributed by atoms with Gasteiger partial charge in [0.15, 0.2) is 0 Å². The summed E-state index contributed by atoms with van der Waals surface area (Å²) in [5, 5.41) is 0. The molecule has 1 heterocycles. The van der Waals surface area contributed by atoms with Crippen molar-refractivity contribution in [1.29, 1.82) is 0 Å². The molecular formula is C24H25NO3S2. The summed E-state index contributed by atoms with van der Waals surface area (Å²) in [7, 11) is 0. The van der Waals surface area contributed by atoms with E-state index in [4.69, 9.17) is 17.0 Å². The van der Waals surface area contributed by atoms with E-state index in [-0.39, 0.29) is 5.91 Å². The van der Waals surface area contributed by atoms with Gasteiger partial charge in [-0.3, -0.25) is 9.69 Å². The quantitative estimate of drug-likeness (QED) is 0.166. The van der Waals surface area contributed by atoms with Gasteiger partial charge in [0.25, 0.3) is 5.91 Å². The largest absolute Gasteiger partial charge is 0.423 e. The molecule has 1 aliphatic heterocycles. The van der Waals surface area contributed by atoms with Crippen molar-refractivity contribution < 1.29 is 14.3 Å². The van der Waals surface area contributed by atoms with Crippen molar-refractivity contribution in [3.63, 3.8) is 0 Å². The van der Waals surface area contributed by atoms with E-state index >= 15 is 0 Å². The number of ether oxygens (including phenoxy) is 1. The summed E-state index contributed by atoms with van der Waals surface area (Å²) in [5.74, 6) is 0.0317. The van der Waals surface area contributed by atoms with Crippen LogP contribution in [0.2, 0.25) is 0 Å². The van der Waals surface area contributed by atoms with Gasteiger partial charge < -0.3 is 4.74 Å². The van der Waals surface area contributed by atoms with E-state index in [1.54, 1.807) is 29.2 Å². The average Bonchev–Trinajstić information content (AvgIpc) is 3.00. The normalized spacial score (nSPS) is 15.1. The molecule has 0 aliphatic carbocycles. The molecule has 0 aromatic heterocycles. The molecule has 0 radical (unpaired) electrons. The van der Waals surface area contributed by atoms with Crippen LogP contribution in [-0.2, 0) is 4.79 Å². The maximum Gasteiger partial charge on any atom is 0.343 e. The first-order valence-electron chi connectivity index (χ1n) is 10.1. The Morgan fingerprint density at radius 2 is 1.77 bits per heavy atom. The van der Waals surface area contributed by atoms with Crippen molar-refractivity contribution in [1.82, 2.24) is 4.90 Å². The smallest absolute Gasteiger partial charge is 0.343 e. The number of esters is 1.